The Morgan fingerprint density at radius 3 is 1.70 bits per heavy atom. The fourth-order valence-electron chi connectivity index (χ4n) is 4.20. The molecular formula is C30H28N4O9. The SMILES string of the molecule is C1CCOC1.O=C(Nc1ccc([N+](=O)[O-])c2c(NC(=O)OCc3ccccc3)c([N+](=O)[O-])ccc12)OCc1ccccc1. The second-order valence-corrected chi connectivity index (χ2v) is 9.22. The minimum atomic E-state index is -1.06. The second-order valence-electron chi connectivity index (χ2n) is 9.22. The molecule has 2 amide bonds. The Labute approximate surface area is 245 Å². The van der Waals surface area contributed by atoms with E-state index >= 15 is 0 Å². The van der Waals surface area contributed by atoms with Crippen LogP contribution in [-0.4, -0.2) is 35.2 Å². The van der Waals surface area contributed by atoms with Gasteiger partial charge in [0.15, 0.2) is 0 Å². The normalized spacial score (nSPS) is 12.0. The largest absolute Gasteiger partial charge is 0.444 e. The lowest BCUT2D eigenvalue weighted by molar-refractivity contribution is -0.385. The number of nitrogens with one attached hydrogen (secondary N) is 2. The summed E-state index contributed by atoms with van der Waals surface area (Å²) in [7, 11) is 0. The number of amides is 2. The molecule has 222 valence electrons. The predicted molar refractivity (Wildman–Crippen MR) is 158 cm³/mol. The molecule has 0 aliphatic carbocycles. The summed E-state index contributed by atoms with van der Waals surface area (Å²) in [5.74, 6) is 0. The van der Waals surface area contributed by atoms with Crippen molar-refractivity contribution in [3.63, 3.8) is 0 Å². The standard InChI is InChI=1S/C26H20N4O8.C4H8O/c31-25(37-15-17-7-3-1-4-8-17)27-20-12-14-21(29(33)34)23-19(20)11-13-22(30(35)36)24(23)28-26(32)38-16-18-9-5-2-6-10-18;1-2-4-5-3-1/h1-14H,15-16H2,(H,27,31)(H,28,32);1-4H2. The fraction of sp³-hybridized carbons (Fsp3) is 0.200. The summed E-state index contributed by atoms with van der Waals surface area (Å²) in [4.78, 5) is 47.0. The number of rotatable bonds is 8. The minimum Gasteiger partial charge on any atom is -0.444 e. The maximum absolute atomic E-state index is 12.6. The van der Waals surface area contributed by atoms with Crippen LogP contribution in [0.15, 0.2) is 84.9 Å². The van der Waals surface area contributed by atoms with E-state index in [4.69, 9.17) is 14.2 Å². The predicted octanol–water partition coefficient (Wildman–Crippen LogP) is 6.95. The Morgan fingerprint density at radius 2 is 1.21 bits per heavy atom. The summed E-state index contributed by atoms with van der Waals surface area (Å²) in [5.41, 5.74) is -0.0713. The molecule has 0 spiro atoms. The Bertz CT molecular complexity index is 1590. The van der Waals surface area contributed by atoms with Crippen molar-refractivity contribution in [3.8, 4) is 0 Å². The topological polar surface area (TPSA) is 172 Å². The molecule has 13 heteroatoms. The summed E-state index contributed by atoms with van der Waals surface area (Å²) in [6.07, 6.45) is 0.651. The minimum absolute atomic E-state index is 0.0247. The van der Waals surface area contributed by atoms with Crippen LogP contribution in [0.5, 0.6) is 0 Å². The number of carbonyl (C=O) groups excluding carboxylic acids is 2. The van der Waals surface area contributed by atoms with E-state index in [0.29, 0.717) is 5.56 Å². The maximum atomic E-state index is 12.6. The molecule has 43 heavy (non-hydrogen) atoms. The van der Waals surface area contributed by atoms with E-state index in [0.717, 1.165) is 30.9 Å². The maximum Gasteiger partial charge on any atom is 0.412 e. The van der Waals surface area contributed by atoms with Gasteiger partial charge in [0.2, 0.25) is 0 Å². The molecule has 2 N–H and O–H groups in total. The highest BCUT2D eigenvalue weighted by Gasteiger charge is 2.27. The molecule has 0 atom stereocenters. The van der Waals surface area contributed by atoms with Gasteiger partial charge in [-0.15, -0.1) is 0 Å². The first-order chi connectivity index (χ1) is 20.8. The molecule has 0 radical (unpaired) electrons. The van der Waals surface area contributed by atoms with Crippen molar-refractivity contribution in [2.75, 3.05) is 23.8 Å². The van der Waals surface area contributed by atoms with Crippen molar-refractivity contribution in [1.82, 2.24) is 0 Å². The van der Waals surface area contributed by atoms with Crippen molar-refractivity contribution in [2.45, 2.75) is 26.1 Å². The number of carbonyl (C=O) groups is 2. The van der Waals surface area contributed by atoms with Crippen LogP contribution in [0.2, 0.25) is 0 Å². The van der Waals surface area contributed by atoms with E-state index < -0.39 is 39.1 Å². The van der Waals surface area contributed by atoms with Gasteiger partial charge in [-0.1, -0.05) is 60.7 Å². The molecule has 0 bridgehead atoms. The molecule has 1 saturated heterocycles. The van der Waals surface area contributed by atoms with Gasteiger partial charge in [0.05, 0.1) is 20.9 Å². The molecule has 13 nitrogen and oxygen atoms in total. The number of hydrogen-bond acceptors (Lipinski definition) is 9. The number of hydrogen-bond donors (Lipinski definition) is 2. The van der Waals surface area contributed by atoms with E-state index in [2.05, 4.69) is 10.6 Å². The average molecular weight is 589 g/mol. The molecule has 4 aromatic carbocycles. The van der Waals surface area contributed by atoms with Crippen LogP contribution in [0.3, 0.4) is 0 Å². The molecular weight excluding hydrogens is 560 g/mol. The van der Waals surface area contributed by atoms with Crippen LogP contribution in [0, 0.1) is 20.2 Å². The summed E-state index contributed by atoms with van der Waals surface area (Å²) >= 11 is 0. The number of fused-ring (bicyclic) bond motifs is 1. The highest BCUT2D eigenvalue weighted by molar-refractivity contribution is 6.14. The highest BCUT2D eigenvalue weighted by Crippen LogP contribution is 2.42. The van der Waals surface area contributed by atoms with E-state index in [1.165, 1.54) is 25.0 Å². The van der Waals surface area contributed by atoms with Crippen LogP contribution in [0.25, 0.3) is 10.8 Å². The number of anilines is 2. The van der Waals surface area contributed by atoms with Gasteiger partial charge in [-0.05, 0) is 36.1 Å². The monoisotopic (exact) mass is 588 g/mol. The van der Waals surface area contributed by atoms with Gasteiger partial charge in [-0.3, -0.25) is 30.9 Å². The number of benzene rings is 4. The smallest absolute Gasteiger partial charge is 0.412 e. The summed E-state index contributed by atoms with van der Waals surface area (Å²) in [6.45, 7) is 1.84. The van der Waals surface area contributed by atoms with Gasteiger partial charge in [0.25, 0.3) is 11.4 Å². The van der Waals surface area contributed by atoms with Gasteiger partial charge in [-0.25, -0.2) is 9.59 Å². The van der Waals surface area contributed by atoms with Crippen LogP contribution in [0.4, 0.5) is 32.3 Å². The van der Waals surface area contributed by atoms with Crippen LogP contribution < -0.4 is 10.6 Å². The number of ether oxygens (including phenoxy) is 3. The second kappa shape index (κ2) is 14.9. The quantitative estimate of drug-likeness (QED) is 0.163. The van der Waals surface area contributed by atoms with Gasteiger partial charge in [0.1, 0.15) is 18.9 Å². The lowest BCUT2D eigenvalue weighted by atomic mass is 10.0. The molecule has 0 unspecified atom stereocenters. The van der Waals surface area contributed by atoms with Gasteiger partial charge in [0, 0.05) is 30.7 Å². The van der Waals surface area contributed by atoms with Crippen molar-refractivity contribution in [1.29, 1.82) is 0 Å². The van der Waals surface area contributed by atoms with E-state index in [-0.39, 0.29) is 29.7 Å². The zero-order valence-electron chi connectivity index (χ0n) is 22.9. The third-order valence-corrected chi connectivity index (χ3v) is 6.25. The van der Waals surface area contributed by atoms with Crippen LogP contribution in [-0.2, 0) is 27.4 Å². The van der Waals surface area contributed by atoms with E-state index in [1.807, 2.05) is 6.07 Å². The lowest BCUT2D eigenvalue weighted by Gasteiger charge is -2.14. The van der Waals surface area contributed by atoms with Crippen molar-refractivity contribution in [3.05, 3.63) is 116 Å². The van der Waals surface area contributed by atoms with Crippen LogP contribution in [0.1, 0.15) is 24.0 Å². The first-order valence-corrected chi connectivity index (χ1v) is 13.2. The number of nitrogens with zero attached hydrogens (tertiary/aromatic N) is 2. The molecule has 0 aromatic heterocycles. The molecule has 1 heterocycles. The lowest BCUT2D eigenvalue weighted by Crippen LogP contribution is -2.16. The van der Waals surface area contributed by atoms with Gasteiger partial charge >= 0.3 is 12.2 Å². The third-order valence-electron chi connectivity index (χ3n) is 6.25. The highest BCUT2D eigenvalue weighted by atomic mass is 16.6. The zero-order chi connectivity index (χ0) is 30.6. The van der Waals surface area contributed by atoms with E-state index in [1.54, 1.807) is 54.6 Å². The molecule has 4 aromatic rings. The van der Waals surface area contributed by atoms with Crippen molar-refractivity contribution >= 4 is 45.7 Å². The molecule has 1 aliphatic heterocycles. The molecule has 5 rings (SSSR count). The summed E-state index contributed by atoms with van der Waals surface area (Å²) in [5, 5.41) is 28.1. The van der Waals surface area contributed by atoms with Crippen molar-refractivity contribution in [2.24, 2.45) is 0 Å². The van der Waals surface area contributed by atoms with Gasteiger partial charge in [-0.2, -0.15) is 0 Å². The van der Waals surface area contributed by atoms with Gasteiger partial charge < -0.3 is 14.2 Å². The Balaban J connectivity index is 0.000000767. The van der Waals surface area contributed by atoms with Crippen LogP contribution >= 0.6 is 0 Å². The average Bonchev–Trinajstić information content (AvgIpc) is 3.61. The third kappa shape index (κ3) is 8.47. The number of non-ortho nitro benzene ring substituents is 1. The molecule has 1 fully saturated rings. The summed E-state index contributed by atoms with van der Waals surface area (Å²) < 4.78 is 15.3. The Kier molecular flexibility index (Phi) is 10.5. The first kappa shape index (κ1) is 30.4. The first-order valence-electron chi connectivity index (χ1n) is 13.2. The molecule has 1 aliphatic rings. The summed E-state index contributed by atoms with van der Waals surface area (Å²) in [6, 6.07) is 22.3. The number of nitro benzene ring substituents is 2. The molecule has 0 saturated carbocycles. The zero-order valence-corrected chi connectivity index (χ0v) is 22.9. The fourth-order valence-corrected chi connectivity index (χ4v) is 4.20. The number of nitro groups is 2. The van der Waals surface area contributed by atoms with E-state index in [9.17, 15) is 29.8 Å². The van der Waals surface area contributed by atoms with Crippen molar-refractivity contribution < 1.29 is 33.6 Å². The Morgan fingerprint density at radius 1 is 0.698 bits per heavy atom. The Hall–Kier alpha value is -5.56.